The highest BCUT2D eigenvalue weighted by Crippen LogP contribution is 2.40. The minimum absolute atomic E-state index is 0.685. The zero-order valence-electron chi connectivity index (χ0n) is 11.2. The Hall–Kier alpha value is 0.01000. The third-order valence-electron chi connectivity index (χ3n) is 3.82. The molecule has 1 N–H and O–H groups in total. The van der Waals surface area contributed by atoms with Gasteiger partial charge < -0.3 is 5.32 Å². The molecular weight excluding hydrogens is 306 g/mol. The van der Waals surface area contributed by atoms with E-state index in [-0.39, 0.29) is 0 Å². The number of halogens is 1. The second-order valence-electron chi connectivity index (χ2n) is 5.11. The normalized spacial score (nSPS) is 24.6. The lowest BCUT2D eigenvalue weighted by molar-refractivity contribution is 0.268. The molecule has 0 saturated heterocycles. The standard InChI is InChI=1S/C15H22BrNS/c1-3-12(10-18-2)17-13-8-11(9-13)14-6-4-5-7-15(14)16/h4-7,11-13,17H,3,8-10H2,1-2H3. The van der Waals surface area contributed by atoms with Crippen molar-refractivity contribution in [2.24, 2.45) is 0 Å². The molecule has 3 heteroatoms. The van der Waals surface area contributed by atoms with E-state index in [1.165, 1.54) is 35.1 Å². The smallest absolute Gasteiger partial charge is 0.0210 e. The zero-order chi connectivity index (χ0) is 13.0. The molecule has 0 spiro atoms. The van der Waals surface area contributed by atoms with Gasteiger partial charge in [0.25, 0.3) is 0 Å². The van der Waals surface area contributed by atoms with Crippen LogP contribution >= 0.6 is 27.7 Å². The molecule has 0 amide bonds. The van der Waals surface area contributed by atoms with Gasteiger partial charge in [-0.3, -0.25) is 0 Å². The van der Waals surface area contributed by atoms with E-state index >= 15 is 0 Å². The molecule has 1 aliphatic rings. The highest BCUT2D eigenvalue weighted by Gasteiger charge is 2.32. The van der Waals surface area contributed by atoms with Gasteiger partial charge in [-0.15, -0.1) is 0 Å². The van der Waals surface area contributed by atoms with Crippen LogP contribution in [0.25, 0.3) is 0 Å². The van der Waals surface area contributed by atoms with E-state index in [4.69, 9.17) is 0 Å². The molecule has 1 nitrogen and oxygen atoms in total. The van der Waals surface area contributed by atoms with Crippen LogP contribution < -0.4 is 5.32 Å². The van der Waals surface area contributed by atoms with Gasteiger partial charge in [0, 0.05) is 22.3 Å². The van der Waals surface area contributed by atoms with Crippen molar-refractivity contribution in [3.05, 3.63) is 34.3 Å². The summed E-state index contributed by atoms with van der Waals surface area (Å²) in [5.41, 5.74) is 1.48. The first-order chi connectivity index (χ1) is 8.74. The van der Waals surface area contributed by atoms with Gasteiger partial charge >= 0.3 is 0 Å². The lowest BCUT2D eigenvalue weighted by atomic mass is 9.75. The van der Waals surface area contributed by atoms with E-state index in [2.05, 4.69) is 58.7 Å². The van der Waals surface area contributed by atoms with Crippen molar-refractivity contribution in [3.8, 4) is 0 Å². The van der Waals surface area contributed by atoms with Crippen molar-refractivity contribution in [1.82, 2.24) is 5.32 Å². The third-order valence-corrected chi connectivity index (χ3v) is 5.27. The highest BCUT2D eigenvalue weighted by molar-refractivity contribution is 9.10. The van der Waals surface area contributed by atoms with E-state index in [0.29, 0.717) is 6.04 Å². The Labute approximate surface area is 123 Å². The average Bonchev–Trinajstić information content (AvgIpc) is 2.33. The molecule has 1 unspecified atom stereocenters. The number of nitrogens with one attached hydrogen (secondary N) is 1. The molecule has 1 aromatic carbocycles. The molecule has 100 valence electrons. The first kappa shape index (κ1) is 14.4. The summed E-state index contributed by atoms with van der Waals surface area (Å²) in [6.45, 7) is 2.28. The first-order valence-corrected chi connectivity index (χ1v) is 8.92. The Morgan fingerprint density at radius 2 is 2.11 bits per heavy atom. The molecular formula is C15H22BrNS. The number of hydrogen-bond acceptors (Lipinski definition) is 2. The van der Waals surface area contributed by atoms with Crippen LogP contribution in [0, 0.1) is 0 Å². The molecule has 0 bridgehead atoms. The first-order valence-electron chi connectivity index (χ1n) is 6.74. The van der Waals surface area contributed by atoms with Crippen LogP contribution in [0.5, 0.6) is 0 Å². The van der Waals surface area contributed by atoms with Crippen molar-refractivity contribution >= 4 is 27.7 Å². The molecule has 1 saturated carbocycles. The Morgan fingerprint density at radius 3 is 2.72 bits per heavy atom. The van der Waals surface area contributed by atoms with Crippen molar-refractivity contribution in [2.45, 2.75) is 44.2 Å². The summed E-state index contributed by atoms with van der Waals surface area (Å²) < 4.78 is 1.27. The van der Waals surface area contributed by atoms with Gasteiger partial charge in [-0.05, 0) is 43.1 Å². The molecule has 1 aliphatic carbocycles. The summed E-state index contributed by atoms with van der Waals surface area (Å²) in [7, 11) is 0. The molecule has 0 radical (unpaired) electrons. The largest absolute Gasteiger partial charge is 0.310 e. The topological polar surface area (TPSA) is 12.0 Å². The molecule has 18 heavy (non-hydrogen) atoms. The Kier molecular flexibility index (Phi) is 5.58. The van der Waals surface area contributed by atoms with Gasteiger partial charge in [0.2, 0.25) is 0 Å². The summed E-state index contributed by atoms with van der Waals surface area (Å²) >= 11 is 5.60. The maximum absolute atomic E-state index is 3.79. The van der Waals surface area contributed by atoms with Gasteiger partial charge in [0.15, 0.2) is 0 Å². The molecule has 0 heterocycles. The van der Waals surface area contributed by atoms with Crippen molar-refractivity contribution in [2.75, 3.05) is 12.0 Å². The molecule has 2 rings (SSSR count). The van der Waals surface area contributed by atoms with E-state index < -0.39 is 0 Å². The lowest BCUT2D eigenvalue weighted by Crippen LogP contribution is -2.46. The number of benzene rings is 1. The summed E-state index contributed by atoms with van der Waals surface area (Å²) in [6.07, 6.45) is 5.99. The number of hydrogen-bond donors (Lipinski definition) is 1. The molecule has 1 fully saturated rings. The Bertz CT molecular complexity index is 377. The van der Waals surface area contributed by atoms with E-state index in [9.17, 15) is 0 Å². The fourth-order valence-corrected chi connectivity index (χ4v) is 3.98. The van der Waals surface area contributed by atoms with E-state index in [1.807, 2.05) is 11.8 Å². The van der Waals surface area contributed by atoms with Gasteiger partial charge in [0.1, 0.15) is 0 Å². The summed E-state index contributed by atoms with van der Waals surface area (Å²) in [6, 6.07) is 10.0. The van der Waals surface area contributed by atoms with E-state index in [0.717, 1.165) is 12.0 Å². The van der Waals surface area contributed by atoms with Crippen molar-refractivity contribution < 1.29 is 0 Å². The number of rotatable bonds is 6. The van der Waals surface area contributed by atoms with Gasteiger partial charge in [-0.25, -0.2) is 0 Å². The van der Waals surface area contributed by atoms with Crippen LogP contribution in [0.3, 0.4) is 0 Å². The predicted octanol–water partition coefficient (Wildman–Crippen LogP) is 4.43. The van der Waals surface area contributed by atoms with Crippen molar-refractivity contribution in [3.63, 3.8) is 0 Å². The van der Waals surface area contributed by atoms with E-state index in [1.54, 1.807) is 0 Å². The van der Waals surface area contributed by atoms with Crippen molar-refractivity contribution in [1.29, 1.82) is 0 Å². The SMILES string of the molecule is CCC(CSC)NC1CC(c2ccccc2Br)C1. The Balaban J connectivity index is 1.82. The molecule has 1 aromatic rings. The van der Waals surface area contributed by atoms with Crippen LogP contribution in [0.15, 0.2) is 28.7 Å². The van der Waals surface area contributed by atoms with Crippen LogP contribution in [0.2, 0.25) is 0 Å². The zero-order valence-corrected chi connectivity index (χ0v) is 13.6. The number of thioether (sulfide) groups is 1. The summed E-state index contributed by atoms with van der Waals surface area (Å²) in [5.74, 6) is 1.97. The minimum atomic E-state index is 0.685. The Morgan fingerprint density at radius 1 is 1.39 bits per heavy atom. The van der Waals surface area contributed by atoms with Gasteiger partial charge in [-0.2, -0.15) is 11.8 Å². The van der Waals surface area contributed by atoms with Crippen LogP contribution in [-0.4, -0.2) is 24.1 Å². The second-order valence-corrected chi connectivity index (χ2v) is 6.88. The van der Waals surface area contributed by atoms with Gasteiger partial charge in [-0.1, -0.05) is 41.1 Å². The minimum Gasteiger partial charge on any atom is -0.310 e. The van der Waals surface area contributed by atoms with Gasteiger partial charge in [0.05, 0.1) is 0 Å². The van der Waals surface area contributed by atoms with Crippen LogP contribution in [0.1, 0.15) is 37.7 Å². The second kappa shape index (κ2) is 6.97. The average molecular weight is 328 g/mol. The lowest BCUT2D eigenvalue weighted by Gasteiger charge is -2.39. The third kappa shape index (κ3) is 3.52. The van der Waals surface area contributed by atoms with Crippen LogP contribution in [-0.2, 0) is 0 Å². The molecule has 0 aromatic heterocycles. The molecule has 0 aliphatic heterocycles. The summed E-state index contributed by atoms with van der Waals surface area (Å²) in [4.78, 5) is 0. The monoisotopic (exact) mass is 327 g/mol. The fourth-order valence-electron chi connectivity index (χ4n) is 2.63. The fraction of sp³-hybridized carbons (Fsp3) is 0.600. The maximum atomic E-state index is 3.79. The highest BCUT2D eigenvalue weighted by atomic mass is 79.9. The quantitative estimate of drug-likeness (QED) is 0.829. The maximum Gasteiger partial charge on any atom is 0.0210 e. The predicted molar refractivity (Wildman–Crippen MR) is 85.5 cm³/mol. The summed E-state index contributed by atoms with van der Waals surface area (Å²) in [5, 5.41) is 3.79. The van der Waals surface area contributed by atoms with Crippen LogP contribution in [0.4, 0.5) is 0 Å². The molecule has 1 atom stereocenters.